The molecule has 0 bridgehead atoms. The molecule has 0 spiro atoms. The average Bonchev–Trinajstić information content (AvgIpc) is 2.96. The van der Waals surface area contributed by atoms with Gasteiger partial charge in [-0.2, -0.15) is 0 Å². The number of hydrogen-bond acceptors (Lipinski definition) is 6. The van der Waals surface area contributed by atoms with Crippen molar-refractivity contribution in [2.75, 3.05) is 19.7 Å². The van der Waals surface area contributed by atoms with Crippen LogP contribution in [-0.4, -0.2) is 47.8 Å². The van der Waals surface area contributed by atoms with Crippen LogP contribution in [0.5, 0.6) is 0 Å². The fourth-order valence-electron chi connectivity index (χ4n) is 2.09. The van der Waals surface area contributed by atoms with Gasteiger partial charge in [-0.25, -0.2) is 9.78 Å². The third-order valence-electron chi connectivity index (χ3n) is 3.23. The van der Waals surface area contributed by atoms with Gasteiger partial charge < -0.3 is 20.5 Å². The summed E-state index contributed by atoms with van der Waals surface area (Å²) < 4.78 is 5.56. The maximum absolute atomic E-state index is 11.8. The molecule has 1 unspecified atom stereocenters. The number of piperidine rings is 1. The molecular formula is C13H19N3O4S. The summed E-state index contributed by atoms with van der Waals surface area (Å²) in [6, 6.07) is -0.327. The fourth-order valence-corrected chi connectivity index (χ4v) is 2.89. The van der Waals surface area contributed by atoms with Crippen LogP contribution in [-0.2, 0) is 9.53 Å². The molecule has 1 aromatic heterocycles. The summed E-state index contributed by atoms with van der Waals surface area (Å²) in [5.74, 6) is -1.28. The molecule has 21 heavy (non-hydrogen) atoms. The lowest BCUT2D eigenvalue weighted by atomic mass is 10.1. The van der Waals surface area contributed by atoms with Crippen molar-refractivity contribution in [2.45, 2.75) is 31.9 Å². The summed E-state index contributed by atoms with van der Waals surface area (Å²) >= 11 is 1.22. The van der Waals surface area contributed by atoms with E-state index in [4.69, 9.17) is 9.84 Å². The number of carbonyl (C=O) groups is 2. The van der Waals surface area contributed by atoms with E-state index in [0.29, 0.717) is 5.01 Å². The second-order valence-electron chi connectivity index (χ2n) is 4.93. The lowest BCUT2D eigenvalue weighted by molar-refractivity contribution is -0.128. The zero-order valence-corrected chi connectivity index (χ0v) is 12.6. The van der Waals surface area contributed by atoms with Gasteiger partial charge in [-0.3, -0.25) is 4.79 Å². The van der Waals surface area contributed by atoms with E-state index in [1.54, 1.807) is 6.92 Å². The Labute approximate surface area is 126 Å². The van der Waals surface area contributed by atoms with Gasteiger partial charge in [-0.1, -0.05) is 0 Å². The van der Waals surface area contributed by atoms with Crippen LogP contribution in [0.25, 0.3) is 0 Å². The van der Waals surface area contributed by atoms with Crippen LogP contribution < -0.4 is 10.6 Å². The van der Waals surface area contributed by atoms with Gasteiger partial charge in [-0.15, -0.1) is 11.3 Å². The monoisotopic (exact) mass is 313 g/mol. The number of hydrogen-bond donors (Lipinski definition) is 3. The van der Waals surface area contributed by atoms with E-state index < -0.39 is 5.97 Å². The van der Waals surface area contributed by atoms with E-state index in [2.05, 4.69) is 15.6 Å². The molecule has 8 heteroatoms. The maximum atomic E-state index is 11.8. The third kappa shape index (κ3) is 4.76. The Kier molecular flexibility index (Phi) is 5.66. The molecule has 1 atom stereocenters. The van der Waals surface area contributed by atoms with Crippen molar-refractivity contribution in [3.05, 3.63) is 16.1 Å². The summed E-state index contributed by atoms with van der Waals surface area (Å²) in [4.78, 5) is 26.6. The summed E-state index contributed by atoms with van der Waals surface area (Å²) in [5, 5.41) is 16.9. The Morgan fingerprint density at radius 1 is 1.57 bits per heavy atom. The normalized spacial score (nSPS) is 17.4. The molecule has 7 nitrogen and oxygen atoms in total. The number of nitrogens with zero attached hydrogens (tertiary/aromatic N) is 1. The lowest BCUT2D eigenvalue weighted by Gasteiger charge is -2.23. The van der Waals surface area contributed by atoms with Crippen molar-refractivity contribution in [3.8, 4) is 0 Å². The minimum atomic E-state index is -1.06. The van der Waals surface area contributed by atoms with E-state index in [1.807, 2.05) is 0 Å². The predicted octanol–water partition coefficient (Wildman–Crippen LogP) is 0.787. The van der Waals surface area contributed by atoms with Gasteiger partial charge in [0.05, 0.1) is 12.1 Å². The van der Waals surface area contributed by atoms with Crippen molar-refractivity contribution in [2.24, 2.45) is 0 Å². The number of aromatic carboxylic acids is 1. The van der Waals surface area contributed by atoms with Gasteiger partial charge in [0.15, 0.2) is 5.69 Å². The van der Waals surface area contributed by atoms with Crippen LogP contribution in [0.4, 0.5) is 0 Å². The quantitative estimate of drug-likeness (QED) is 0.718. The maximum Gasteiger partial charge on any atom is 0.355 e. The van der Waals surface area contributed by atoms with Gasteiger partial charge in [0.25, 0.3) is 0 Å². The number of amides is 1. The molecule has 116 valence electrons. The van der Waals surface area contributed by atoms with E-state index in [1.165, 1.54) is 16.7 Å². The Hall–Kier alpha value is -1.51. The van der Waals surface area contributed by atoms with Crippen LogP contribution in [0.3, 0.4) is 0 Å². The first-order valence-electron chi connectivity index (χ1n) is 6.86. The molecule has 1 fully saturated rings. The molecule has 1 aromatic rings. The molecule has 2 heterocycles. The molecule has 0 radical (unpaired) electrons. The first-order valence-corrected chi connectivity index (χ1v) is 7.74. The van der Waals surface area contributed by atoms with Crippen molar-refractivity contribution < 1.29 is 19.4 Å². The highest BCUT2D eigenvalue weighted by Gasteiger charge is 2.18. The molecule has 1 saturated heterocycles. The summed E-state index contributed by atoms with van der Waals surface area (Å²) in [5.41, 5.74) is 0.00190. The van der Waals surface area contributed by atoms with E-state index in [-0.39, 0.29) is 30.4 Å². The number of ether oxygens (including phenoxy) is 1. The van der Waals surface area contributed by atoms with Crippen LogP contribution in [0.1, 0.15) is 41.3 Å². The van der Waals surface area contributed by atoms with Crippen LogP contribution in [0.2, 0.25) is 0 Å². The minimum Gasteiger partial charge on any atom is -0.476 e. The number of rotatable bonds is 6. The van der Waals surface area contributed by atoms with Gasteiger partial charge in [0.1, 0.15) is 11.6 Å². The largest absolute Gasteiger partial charge is 0.476 e. The summed E-state index contributed by atoms with van der Waals surface area (Å²) in [6.07, 6.45) is 1.96. The Morgan fingerprint density at radius 3 is 2.90 bits per heavy atom. The second-order valence-corrected chi connectivity index (χ2v) is 5.82. The van der Waals surface area contributed by atoms with Gasteiger partial charge in [0, 0.05) is 5.38 Å². The predicted molar refractivity (Wildman–Crippen MR) is 77.5 cm³/mol. The van der Waals surface area contributed by atoms with Gasteiger partial charge in [0.2, 0.25) is 5.91 Å². The molecule has 1 amide bonds. The van der Waals surface area contributed by atoms with Gasteiger partial charge >= 0.3 is 5.97 Å². The summed E-state index contributed by atoms with van der Waals surface area (Å²) in [7, 11) is 0. The molecule has 0 aliphatic carbocycles. The smallest absolute Gasteiger partial charge is 0.355 e. The van der Waals surface area contributed by atoms with Gasteiger partial charge in [-0.05, 0) is 32.9 Å². The zero-order valence-electron chi connectivity index (χ0n) is 11.8. The number of carboxylic acids is 1. The zero-order chi connectivity index (χ0) is 15.2. The third-order valence-corrected chi connectivity index (χ3v) is 4.25. The van der Waals surface area contributed by atoms with E-state index in [9.17, 15) is 9.59 Å². The molecular weight excluding hydrogens is 294 g/mol. The Morgan fingerprint density at radius 2 is 2.29 bits per heavy atom. The summed E-state index contributed by atoms with van der Waals surface area (Å²) in [6.45, 7) is 3.62. The Balaban J connectivity index is 1.76. The molecule has 2 rings (SSSR count). The van der Waals surface area contributed by atoms with Crippen molar-refractivity contribution >= 4 is 23.2 Å². The number of thiazole rings is 1. The minimum absolute atomic E-state index is 0.00190. The number of carboxylic acid groups (broad SMARTS) is 1. The number of carbonyl (C=O) groups excluding carboxylic acids is 1. The first kappa shape index (κ1) is 15.9. The highest BCUT2D eigenvalue weighted by Crippen LogP contribution is 2.18. The van der Waals surface area contributed by atoms with Crippen molar-refractivity contribution in [3.63, 3.8) is 0 Å². The van der Waals surface area contributed by atoms with Crippen LogP contribution in [0, 0.1) is 0 Å². The van der Waals surface area contributed by atoms with Crippen molar-refractivity contribution in [1.82, 2.24) is 15.6 Å². The SMILES string of the molecule is CC(NC(=O)COC1CCNCC1)c1nc(C(=O)O)cs1. The van der Waals surface area contributed by atoms with Crippen LogP contribution >= 0.6 is 11.3 Å². The first-order chi connectivity index (χ1) is 10.1. The molecule has 1 aliphatic heterocycles. The topological polar surface area (TPSA) is 101 Å². The standard InChI is InChI=1S/C13H19N3O4S/c1-8(12-16-10(7-21-12)13(18)19)15-11(17)6-20-9-2-4-14-5-3-9/h7-9,14H,2-6H2,1H3,(H,15,17)(H,18,19). The second kappa shape index (κ2) is 7.48. The fraction of sp³-hybridized carbons (Fsp3) is 0.615. The number of aromatic nitrogens is 1. The number of nitrogens with one attached hydrogen (secondary N) is 2. The van der Waals surface area contributed by atoms with E-state index >= 15 is 0 Å². The molecule has 0 saturated carbocycles. The Bertz CT molecular complexity index is 499. The highest BCUT2D eigenvalue weighted by atomic mass is 32.1. The molecule has 3 N–H and O–H groups in total. The van der Waals surface area contributed by atoms with E-state index in [0.717, 1.165) is 25.9 Å². The molecule has 1 aliphatic rings. The van der Waals surface area contributed by atoms with Crippen molar-refractivity contribution in [1.29, 1.82) is 0 Å². The average molecular weight is 313 g/mol. The lowest BCUT2D eigenvalue weighted by Crippen LogP contribution is -2.36. The molecule has 0 aromatic carbocycles. The van der Waals surface area contributed by atoms with Crippen LogP contribution in [0.15, 0.2) is 5.38 Å². The highest BCUT2D eigenvalue weighted by molar-refractivity contribution is 7.09.